The van der Waals surface area contributed by atoms with Crippen molar-refractivity contribution in [1.29, 1.82) is 0 Å². The zero-order valence-corrected chi connectivity index (χ0v) is 7.79. The quantitative estimate of drug-likeness (QED) is 0.486. The fourth-order valence-corrected chi connectivity index (χ4v) is 1.19. The second kappa shape index (κ2) is 4.42. The lowest BCUT2D eigenvalue weighted by Crippen LogP contribution is -2.26. The van der Waals surface area contributed by atoms with Gasteiger partial charge in [-0.2, -0.15) is 0 Å². The number of ether oxygens (including phenoxy) is 1. The second-order valence-electron chi connectivity index (χ2n) is 3.43. The number of carboxylic acid groups (broad SMARTS) is 1. The van der Waals surface area contributed by atoms with E-state index in [0.29, 0.717) is 19.4 Å². The molecule has 1 rings (SSSR count). The van der Waals surface area contributed by atoms with Crippen molar-refractivity contribution in [3.63, 3.8) is 0 Å². The minimum Gasteiger partial charge on any atom is -0.479 e. The van der Waals surface area contributed by atoms with Crippen LogP contribution in [0.2, 0.25) is 0 Å². The molecule has 1 saturated carbocycles. The first kappa shape index (κ1) is 10.3. The highest BCUT2D eigenvalue weighted by atomic mass is 16.5. The maximum absolute atomic E-state index is 10.7. The summed E-state index contributed by atoms with van der Waals surface area (Å²) in [5.74, 6) is -0.809. The van der Waals surface area contributed by atoms with Gasteiger partial charge in [-0.15, -0.1) is 6.58 Å². The van der Waals surface area contributed by atoms with E-state index in [1.54, 1.807) is 0 Å². The molecule has 0 amide bonds. The van der Waals surface area contributed by atoms with Gasteiger partial charge in [-0.1, -0.05) is 6.08 Å². The number of rotatable bonds is 7. The number of hydrogen-bond acceptors (Lipinski definition) is 2. The van der Waals surface area contributed by atoms with Gasteiger partial charge in [-0.05, 0) is 32.1 Å². The summed E-state index contributed by atoms with van der Waals surface area (Å²) in [5, 5.41) is 8.77. The molecule has 0 heterocycles. The molecular formula is C10H16O3. The van der Waals surface area contributed by atoms with Crippen LogP contribution in [0.5, 0.6) is 0 Å². The Kier molecular flexibility index (Phi) is 3.48. The van der Waals surface area contributed by atoms with Crippen molar-refractivity contribution < 1.29 is 14.6 Å². The van der Waals surface area contributed by atoms with E-state index in [1.807, 2.05) is 6.08 Å². The maximum Gasteiger partial charge on any atom is 0.335 e. The minimum absolute atomic E-state index is 0.556. The van der Waals surface area contributed by atoms with E-state index in [2.05, 4.69) is 6.58 Å². The maximum atomic E-state index is 10.7. The standard InChI is InChI=1S/C10H16O3/c1-2-3-4-5-8-13-10(6-7-10)9(11)12/h2H,1,3-8H2,(H,11,12). The van der Waals surface area contributed by atoms with Crippen LogP contribution in [0.25, 0.3) is 0 Å². The molecule has 0 radical (unpaired) electrons. The molecule has 1 N–H and O–H groups in total. The van der Waals surface area contributed by atoms with E-state index in [4.69, 9.17) is 9.84 Å². The Morgan fingerprint density at radius 3 is 2.69 bits per heavy atom. The fraction of sp³-hybridized carbons (Fsp3) is 0.700. The van der Waals surface area contributed by atoms with Gasteiger partial charge in [0.25, 0.3) is 0 Å². The van der Waals surface area contributed by atoms with Crippen LogP contribution in [0.4, 0.5) is 0 Å². The highest BCUT2D eigenvalue weighted by Crippen LogP contribution is 2.39. The van der Waals surface area contributed by atoms with Crippen molar-refractivity contribution in [2.45, 2.75) is 37.7 Å². The average molecular weight is 184 g/mol. The van der Waals surface area contributed by atoms with Crippen LogP contribution in [0.15, 0.2) is 12.7 Å². The third-order valence-electron chi connectivity index (χ3n) is 2.27. The van der Waals surface area contributed by atoms with Gasteiger partial charge in [-0.3, -0.25) is 0 Å². The number of carbonyl (C=O) groups is 1. The van der Waals surface area contributed by atoms with E-state index in [-0.39, 0.29) is 0 Å². The van der Waals surface area contributed by atoms with E-state index in [0.717, 1.165) is 19.3 Å². The van der Waals surface area contributed by atoms with Gasteiger partial charge < -0.3 is 9.84 Å². The van der Waals surface area contributed by atoms with Gasteiger partial charge in [0.1, 0.15) is 0 Å². The molecule has 1 aliphatic carbocycles. The molecule has 0 unspecified atom stereocenters. The molecule has 0 atom stereocenters. The normalized spacial score (nSPS) is 18.2. The van der Waals surface area contributed by atoms with Crippen LogP contribution in [-0.4, -0.2) is 23.3 Å². The Labute approximate surface area is 78.4 Å². The summed E-state index contributed by atoms with van der Waals surface area (Å²) in [4.78, 5) is 10.7. The van der Waals surface area contributed by atoms with Crippen LogP contribution >= 0.6 is 0 Å². The number of hydrogen-bond donors (Lipinski definition) is 1. The molecular weight excluding hydrogens is 168 g/mol. The summed E-state index contributed by atoms with van der Waals surface area (Å²) in [7, 11) is 0. The highest BCUT2D eigenvalue weighted by Gasteiger charge is 2.51. The van der Waals surface area contributed by atoms with Crippen LogP contribution in [0, 0.1) is 0 Å². The van der Waals surface area contributed by atoms with Crippen molar-refractivity contribution in [2.24, 2.45) is 0 Å². The SMILES string of the molecule is C=CCCCCOC1(C(=O)O)CC1. The fourth-order valence-electron chi connectivity index (χ4n) is 1.19. The predicted molar refractivity (Wildman–Crippen MR) is 49.6 cm³/mol. The number of carboxylic acids is 1. The first-order valence-electron chi connectivity index (χ1n) is 4.69. The summed E-state index contributed by atoms with van der Waals surface area (Å²) in [6.45, 7) is 4.17. The summed E-state index contributed by atoms with van der Waals surface area (Å²) < 4.78 is 5.31. The smallest absolute Gasteiger partial charge is 0.335 e. The van der Waals surface area contributed by atoms with Crippen molar-refractivity contribution in [3.8, 4) is 0 Å². The molecule has 0 aromatic heterocycles. The Bertz CT molecular complexity index is 194. The van der Waals surface area contributed by atoms with Crippen molar-refractivity contribution in [2.75, 3.05) is 6.61 Å². The lowest BCUT2D eigenvalue weighted by Gasteiger charge is -2.10. The number of allylic oxidation sites excluding steroid dienone is 1. The predicted octanol–water partition coefficient (Wildman–Crippen LogP) is 1.98. The van der Waals surface area contributed by atoms with Crippen LogP contribution in [0.1, 0.15) is 32.1 Å². The minimum atomic E-state index is -0.811. The largest absolute Gasteiger partial charge is 0.479 e. The molecule has 0 bridgehead atoms. The molecule has 1 aliphatic rings. The van der Waals surface area contributed by atoms with E-state index in [1.165, 1.54) is 0 Å². The van der Waals surface area contributed by atoms with E-state index in [9.17, 15) is 4.79 Å². The van der Waals surface area contributed by atoms with E-state index >= 15 is 0 Å². The van der Waals surface area contributed by atoms with Gasteiger partial charge in [0.2, 0.25) is 0 Å². The lowest BCUT2D eigenvalue weighted by atomic mass is 10.2. The van der Waals surface area contributed by atoms with Crippen molar-refractivity contribution in [3.05, 3.63) is 12.7 Å². The molecule has 3 nitrogen and oxygen atoms in total. The van der Waals surface area contributed by atoms with Crippen molar-refractivity contribution in [1.82, 2.24) is 0 Å². The number of aliphatic carboxylic acids is 1. The van der Waals surface area contributed by atoms with Crippen LogP contribution in [0.3, 0.4) is 0 Å². The Morgan fingerprint density at radius 1 is 1.54 bits per heavy atom. The average Bonchev–Trinajstić information content (AvgIpc) is 2.85. The molecule has 0 aromatic rings. The van der Waals surface area contributed by atoms with Crippen LogP contribution in [-0.2, 0) is 9.53 Å². The molecule has 1 fully saturated rings. The summed E-state index contributed by atoms with van der Waals surface area (Å²) in [6.07, 6.45) is 6.13. The van der Waals surface area contributed by atoms with Gasteiger partial charge in [0.05, 0.1) is 0 Å². The third kappa shape index (κ3) is 2.84. The molecule has 0 aliphatic heterocycles. The second-order valence-corrected chi connectivity index (χ2v) is 3.43. The summed E-state index contributed by atoms with van der Waals surface area (Å²) in [5.41, 5.74) is -0.811. The molecule has 3 heteroatoms. The molecule has 0 saturated heterocycles. The third-order valence-corrected chi connectivity index (χ3v) is 2.27. The van der Waals surface area contributed by atoms with Gasteiger partial charge in [0, 0.05) is 6.61 Å². The topological polar surface area (TPSA) is 46.5 Å². The number of unbranched alkanes of at least 4 members (excludes halogenated alkanes) is 2. The Morgan fingerprint density at radius 2 is 2.23 bits per heavy atom. The molecule has 74 valence electrons. The molecule has 0 spiro atoms. The molecule has 0 aromatic carbocycles. The zero-order valence-electron chi connectivity index (χ0n) is 7.79. The highest BCUT2D eigenvalue weighted by molar-refractivity contribution is 5.80. The van der Waals surface area contributed by atoms with Crippen molar-refractivity contribution >= 4 is 5.97 Å². The monoisotopic (exact) mass is 184 g/mol. The summed E-state index contributed by atoms with van der Waals surface area (Å²) >= 11 is 0. The Hall–Kier alpha value is -0.830. The van der Waals surface area contributed by atoms with E-state index < -0.39 is 11.6 Å². The van der Waals surface area contributed by atoms with Gasteiger partial charge in [-0.25, -0.2) is 4.79 Å². The van der Waals surface area contributed by atoms with Gasteiger partial charge >= 0.3 is 5.97 Å². The summed E-state index contributed by atoms with van der Waals surface area (Å²) in [6, 6.07) is 0. The Balaban J connectivity index is 2.06. The van der Waals surface area contributed by atoms with Gasteiger partial charge in [0.15, 0.2) is 5.60 Å². The lowest BCUT2D eigenvalue weighted by molar-refractivity contribution is -0.153. The van der Waals surface area contributed by atoms with Crippen LogP contribution < -0.4 is 0 Å². The first-order valence-corrected chi connectivity index (χ1v) is 4.69. The first-order chi connectivity index (χ1) is 6.21. The molecule has 13 heavy (non-hydrogen) atoms. The zero-order chi connectivity index (χ0) is 9.73.